The van der Waals surface area contributed by atoms with Gasteiger partial charge in [-0.3, -0.25) is 9.78 Å². The van der Waals surface area contributed by atoms with Crippen molar-refractivity contribution >= 4 is 32.7 Å². The topological polar surface area (TPSA) is 42.4 Å². The fraction of sp³-hybridized carbons (Fsp3) is 0.238. The van der Waals surface area contributed by atoms with E-state index in [4.69, 9.17) is 4.74 Å². The molecule has 3 aromatic rings. The number of amides is 1. The minimum absolute atomic E-state index is 0.0859. The highest BCUT2D eigenvalue weighted by atomic mass is 79.9. The fourth-order valence-corrected chi connectivity index (χ4v) is 3.57. The number of pyridine rings is 1. The number of hydrogen-bond acceptors (Lipinski definition) is 3. The van der Waals surface area contributed by atoms with Gasteiger partial charge in [-0.1, -0.05) is 34.1 Å². The summed E-state index contributed by atoms with van der Waals surface area (Å²) in [6.45, 7) is 1.41. The number of carbonyl (C=O) groups excluding carboxylic acids is 1. The minimum atomic E-state index is 0.0859. The van der Waals surface area contributed by atoms with Crippen molar-refractivity contribution in [3.05, 3.63) is 70.8 Å². The summed E-state index contributed by atoms with van der Waals surface area (Å²) in [6.07, 6.45) is 3.54. The Morgan fingerprint density at radius 3 is 2.54 bits per heavy atom. The normalized spacial score (nSPS) is 15.2. The molecule has 1 aromatic heterocycles. The molecule has 132 valence electrons. The van der Waals surface area contributed by atoms with Gasteiger partial charge in [0.2, 0.25) is 0 Å². The van der Waals surface area contributed by atoms with E-state index in [-0.39, 0.29) is 12.0 Å². The van der Waals surface area contributed by atoms with E-state index in [0.29, 0.717) is 13.1 Å². The van der Waals surface area contributed by atoms with Gasteiger partial charge >= 0.3 is 0 Å². The van der Waals surface area contributed by atoms with Crippen molar-refractivity contribution in [2.75, 3.05) is 13.1 Å². The lowest BCUT2D eigenvalue weighted by Crippen LogP contribution is -2.41. The summed E-state index contributed by atoms with van der Waals surface area (Å²) in [5.74, 6) is 0.906. The molecule has 0 N–H and O–H groups in total. The highest BCUT2D eigenvalue weighted by Gasteiger charge is 2.25. The molecule has 0 saturated carbocycles. The number of hydrogen-bond donors (Lipinski definition) is 0. The third kappa shape index (κ3) is 3.58. The predicted molar refractivity (Wildman–Crippen MR) is 105 cm³/mol. The number of likely N-dealkylation sites (tertiary alicyclic amines) is 1. The maximum atomic E-state index is 12.6. The summed E-state index contributed by atoms with van der Waals surface area (Å²) in [7, 11) is 0. The van der Waals surface area contributed by atoms with Crippen molar-refractivity contribution in [2.24, 2.45) is 0 Å². The zero-order chi connectivity index (χ0) is 17.9. The smallest absolute Gasteiger partial charge is 0.253 e. The predicted octanol–water partition coefficient (Wildman–Crippen LogP) is 4.68. The van der Waals surface area contributed by atoms with Gasteiger partial charge in [0.05, 0.1) is 0 Å². The molecule has 1 fully saturated rings. The van der Waals surface area contributed by atoms with Crippen LogP contribution in [0.15, 0.2) is 65.3 Å². The molecule has 26 heavy (non-hydrogen) atoms. The summed E-state index contributed by atoms with van der Waals surface area (Å²) >= 11 is 3.40. The average Bonchev–Trinajstić information content (AvgIpc) is 2.69. The average molecular weight is 411 g/mol. The Bertz CT molecular complexity index is 913. The van der Waals surface area contributed by atoms with Gasteiger partial charge in [0.15, 0.2) is 0 Å². The van der Waals surface area contributed by atoms with Gasteiger partial charge in [-0.15, -0.1) is 0 Å². The zero-order valence-corrected chi connectivity index (χ0v) is 15.9. The number of para-hydroxylation sites is 1. The fourth-order valence-electron chi connectivity index (χ4n) is 3.30. The molecule has 0 spiro atoms. The zero-order valence-electron chi connectivity index (χ0n) is 14.3. The Hall–Kier alpha value is -2.40. The van der Waals surface area contributed by atoms with E-state index >= 15 is 0 Å². The number of benzene rings is 2. The second-order valence-electron chi connectivity index (χ2n) is 6.45. The molecule has 0 radical (unpaired) electrons. The lowest BCUT2D eigenvalue weighted by molar-refractivity contribution is 0.0597. The molecule has 1 aliphatic heterocycles. The molecule has 0 aliphatic carbocycles. The minimum Gasteiger partial charge on any atom is -0.488 e. The highest BCUT2D eigenvalue weighted by Crippen LogP contribution is 2.26. The molecule has 0 bridgehead atoms. The van der Waals surface area contributed by atoms with Crippen LogP contribution < -0.4 is 4.74 Å². The molecule has 0 atom stereocenters. The Morgan fingerprint density at radius 2 is 1.77 bits per heavy atom. The second-order valence-corrected chi connectivity index (χ2v) is 7.36. The number of nitrogens with zero attached hydrogens (tertiary/aromatic N) is 2. The maximum absolute atomic E-state index is 12.6. The first kappa shape index (κ1) is 17.0. The van der Waals surface area contributed by atoms with Crippen LogP contribution >= 0.6 is 15.9 Å². The van der Waals surface area contributed by atoms with E-state index in [1.807, 2.05) is 59.5 Å². The molecule has 0 unspecified atom stereocenters. The molecule has 5 heteroatoms. The van der Waals surface area contributed by atoms with Gasteiger partial charge in [-0.05, 0) is 36.4 Å². The first-order chi connectivity index (χ1) is 12.7. The van der Waals surface area contributed by atoms with Crippen LogP contribution in [0, 0.1) is 0 Å². The SMILES string of the molecule is O=C(c1ccc(Br)cc1)N1CCC(Oc2cccc3cccnc23)CC1. The lowest BCUT2D eigenvalue weighted by Gasteiger charge is -2.32. The van der Waals surface area contributed by atoms with Crippen LogP contribution in [0.5, 0.6) is 5.75 Å². The second kappa shape index (κ2) is 7.46. The number of rotatable bonds is 3. The van der Waals surface area contributed by atoms with Crippen LogP contribution in [0.3, 0.4) is 0 Å². The molecule has 2 aromatic carbocycles. The molecule has 1 aliphatic rings. The van der Waals surface area contributed by atoms with E-state index < -0.39 is 0 Å². The third-order valence-electron chi connectivity index (χ3n) is 4.71. The van der Waals surface area contributed by atoms with Gasteiger partial charge in [-0.2, -0.15) is 0 Å². The molecule has 4 rings (SSSR count). The van der Waals surface area contributed by atoms with Crippen molar-refractivity contribution < 1.29 is 9.53 Å². The standard InChI is InChI=1S/C21H19BrN2O2/c22-17-8-6-16(7-9-17)21(25)24-13-10-18(11-14-24)26-19-5-1-3-15-4-2-12-23-20(15)19/h1-9,12,18H,10-11,13-14H2. The number of halogens is 1. The number of piperidine rings is 1. The van der Waals surface area contributed by atoms with Crippen molar-refractivity contribution in [2.45, 2.75) is 18.9 Å². The Morgan fingerprint density at radius 1 is 1.04 bits per heavy atom. The van der Waals surface area contributed by atoms with Gasteiger partial charge in [0.25, 0.3) is 5.91 Å². The quantitative estimate of drug-likeness (QED) is 0.629. The summed E-state index contributed by atoms with van der Waals surface area (Å²) in [4.78, 5) is 19.0. The molecule has 1 amide bonds. The van der Waals surface area contributed by atoms with Gasteiger partial charge in [0.1, 0.15) is 17.4 Å². The van der Waals surface area contributed by atoms with Gasteiger partial charge in [0, 0.05) is 47.6 Å². The van der Waals surface area contributed by atoms with E-state index in [1.54, 1.807) is 6.20 Å². The molecule has 1 saturated heterocycles. The number of fused-ring (bicyclic) bond motifs is 1. The summed E-state index contributed by atoms with van der Waals surface area (Å²) in [5.41, 5.74) is 1.62. The van der Waals surface area contributed by atoms with Crippen molar-refractivity contribution in [1.82, 2.24) is 9.88 Å². The number of ether oxygens (including phenoxy) is 1. The van der Waals surface area contributed by atoms with E-state index in [0.717, 1.165) is 39.5 Å². The lowest BCUT2D eigenvalue weighted by atomic mass is 10.1. The Labute approximate surface area is 160 Å². The Kier molecular flexibility index (Phi) is 4.89. The van der Waals surface area contributed by atoms with Gasteiger partial charge < -0.3 is 9.64 Å². The van der Waals surface area contributed by atoms with E-state index in [1.165, 1.54) is 0 Å². The largest absolute Gasteiger partial charge is 0.488 e. The van der Waals surface area contributed by atoms with Crippen molar-refractivity contribution in [1.29, 1.82) is 0 Å². The van der Waals surface area contributed by atoms with Crippen LogP contribution in [-0.2, 0) is 0 Å². The molecular formula is C21H19BrN2O2. The number of aromatic nitrogens is 1. The summed E-state index contributed by atoms with van der Waals surface area (Å²) < 4.78 is 7.19. The van der Waals surface area contributed by atoms with Crippen molar-refractivity contribution in [3.63, 3.8) is 0 Å². The molecular weight excluding hydrogens is 392 g/mol. The number of carbonyl (C=O) groups is 1. The highest BCUT2D eigenvalue weighted by molar-refractivity contribution is 9.10. The first-order valence-corrected chi connectivity index (χ1v) is 9.55. The van der Waals surface area contributed by atoms with Crippen LogP contribution in [0.1, 0.15) is 23.2 Å². The molecule has 2 heterocycles. The molecule has 4 nitrogen and oxygen atoms in total. The summed E-state index contributed by atoms with van der Waals surface area (Å²) in [6, 6.07) is 17.5. The third-order valence-corrected chi connectivity index (χ3v) is 5.24. The summed E-state index contributed by atoms with van der Waals surface area (Å²) in [5, 5.41) is 1.08. The van der Waals surface area contributed by atoms with Crippen LogP contribution in [0.25, 0.3) is 10.9 Å². The maximum Gasteiger partial charge on any atom is 0.253 e. The van der Waals surface area contributed by atoms with Crippen molar-refractivity contribution in [3.8, 4) is 5.75 Å². The van der Waals surface area contributed by atoms with Crippen LogP contribution in [-0.4, -0.2) is 35.0 Å². The monoisotopic (exact) mass is 410 g/mol. The van der Waals surface area contributed by atoms with Crippen LogP contribution in [0.2, 0.25) is 0 Å². The van der Waals surface area contributed by atoms with E-state index in [2.05, 4.69) is 20.9 Å². The van der Waals surface area contributed by atoms with E-state index in [9.17, 15) is 4.79 Å². The Balaban J connectivity index is 1.40. The van der Waals surface area contributed by atoms with Crippen LogP contribution in [0.4, 0.5) is 0 Å². The first-order valence-electron chi connectivity index (χ1n) is 8.76. The van der Waals surface area contributed by atoms with Gasteiger partial charge in [-0.25, -0.2) is 0 Å².